The molecule has 0 radical (unpaired) electrons. The number of hydrogen-bond acceptors (Lipinski definition) is 5. The number of hydrogen-bond donors (Lipinski definition) is 1. The van der Waals surface area contributed by atoms with Crippen LogP contribution in [-0.2, 0) is 19.1 Å². The molecule has 0 aromatic rings. The Labute approximate surface area is 116 Å². The second-order valence-electron chi connectivity index (χ2n) is 4.28. The first-order valence-electron chi connectivity index (χ1n) is 6.59. The number of nitrogens with zero attached hydrogens (tertiary/aromatic N) is 1. The maximum Gasteiger partial charge on any atom is 0.330 e. The summed E-state index contributed by atoms with van der Waals surface area (Å²) in [6, 6.07) is -0.661. The Morgan fingerprint density at radius 1 is 1.45 bits per heavy atom. The number of nitrogens with one attached hydrogen (secondary N) is 1. The van der Waals surface area contributed by atoms with E-state index in [1.54, 1.807) is 6.92 Å². The molecule has 8 heteroatoms. The van der Waals surface area contributed by atoms with Crippen molar-refractivity contribution in [2.45, 2.75) is 25.8 Å². The van der Waals surface area contributed by atoms with Gasteiger partial charge >= 0.3 is 5.97 Å². The van der Waals surface area contributed by atoms with E-state index in [4.69, 9.17) is 4.74 Å². The number of alkyl halides is 2. The first kappa shape index (κ1) is 16.8. The van der Waals surface area contributed by atoms with Crippen molar-refractivity contribution in [2.24, 2.45) is 0 Å². The summed E-state index contributed by atoms with van der Waals surface area (Å²) in [5.41, 5.74) is 0. The van der Waals surface area contributed by atoms with Crippen LogP contribution >= 0.6 is 0 Å². The molecule has 0 aromatic heterocycles. The fourth-order valence-corrected chi connectivity index (χ4v) is 1.93. The zero-order chi connectivity index (χ0) is 15.0. The maximum absolute atomic E-state index is 12.0. The number of halogens is 2. The molecule has 0 aromatic carbocycles. The third kappa shape index (κ3) is 5.38. The molecule has 1 atom stereocenters. The molecule has 1 N–H and O–H groups in total. The molecule has 1 aliphatic rings. The molecule has 1 fully saturated rings. The lowest BCUT2D eigenvalue weighted by Gasteiger charge is -2.34. The summed E-state index contributed by atoms with van der Waals surface area (Å²) in [6.07, 6.45) is -2.57. The third-order valence-corrected chi connectivity index (χ3v) is 2.83. The minimum Gasteiger partial charge on any atom is -0.464 e. The average molecular weight is 294 g/mol. The van der Waals surface area contributed by atoms with E-state index in [1.807, 2.05) is 0 Å². The van der Waals surface area contributed by atoms with Crippen LogP contribution in [0.15, 0.2) is 0 Å². The van der Waals surface area contributed by atoms with Gasteiger partial charge in [-0.15, -0.1) is 0 Å². The topological polar surface area (TPSA) is 67.9 Å². The summed E-state index contributed by atoms with van der Waals surface area (Å²) in [4.78, 5) is 25.1. The molecule has 0 spiro atoms. The van der Waals surface area contributed by atoms with Gasteiger partial charge < -0.3 is 19.7 Å². The Morgan fingerprint density at radius 2 is 2.20 bits per heavy atom. The van der Waals surface area contributed by atoms with Crippen LogP contribution in [0.3, 0.4) is 0 Å². The molecule has 20 heavy (non-hydrogen) atoms. The molecule has 0 bridgehead atoms. The Morgan fingerprint density at radius 3 is 2.85 bits per heavy atom. The van der Waals surface area contributed by atoms with Crippen LogP contribution in [0.25, 0.3) is 0 Å². The van der Waals surface area contributed by atoms with Crippen molar-refractivity contribution in [3.05, 3.63) is 0 Å². The molecule has 0 saturated carbocycles. The highest BCUT2D eigenvalue weighted by Gasteiger charge is 2.32. The molecule has 116 valence electrons. The Kier molecular flexibility index (Phi) is 7.38. The lowest BCUT2D eigenvalue weighted by Crippen LogP contribution is -2.57. The van der Waals surface area contributed by atoms with Gasteiger partial charge in [0.05, 0.1) is 19.6 Å². The van der Waals surface area contributed by atoms with E-state index in [2.05, 4.69) is 10.1 Å². The summed E-state index contributed by atoms with van der Waals surface area (Å²) < 4.78 is 33.3. The molecule has 1 aliphatic heterocycles. The zero-order valence-electron chi connectivity index (χ0n) is 11.4. The molecule has 0 aliphatic carbocycles. The van der Waals surface area contributed by atoms with Gasteiger partial charge in [-0.1, -0.05) is 0 Å². The van der Waals surface area contributed by atoms with Crippen molar-refractivity contribution in [3.8, 4) is 0 Å². The minimum atomic E-state index is -2.54. The summed E-state index contributed by atoms with van der Waals surface area (Å²) in [5, 5.41) is 3.02. The second-order valence-corrected chi connectivity index (χ2v) is 4.28. The predicted octanol–water partition coefficient (Wildman–Crippen LogP) is 0.0217. The van der Waals surface area contributed by atoms with Crippen LogP contribution in [0.2, 0.25) is 0 Å². The smallest absolute Gasteiger partial charge is 0.330 e. The van der Waals surface area contributed by atoms with Crippen LogP contribution in [-0.4, -0.2) is 68.7 Å². The number of piperazine rings is 1. The summed E-state index contributed by atoms with van der Waals surface area (Å²) in [6.45, 7) is 2.48. The summed E-state index contributed by atoms with van der Waals surface area (Å²) >= 11 is 0. The molecule has 1 unspecified atom stereocenters. The average Bonchev–Trinajstić information content (AvgIpc) is 2.43. The van der Waals surface area contributed by atoms with Crippen molar-refractivity contribution in [1.82, 2.24) is 10.2 Å². The molecule has 6 nitrogen and oxygen atoms in total. The Hall–Kier alpha value is -1.28. The highest BCUT2D eigenvalue weighted by Crippen LogP contribution is 2.08. The van der Waals surface area contributed by atoms with E-state index in [0.717, 1.165) is 0 Å². The number of rotatable bonds is 7. The van der Waals surface area contributed by atoms with Gasteiger partial charge in [-0.2, -0.15) is 0 Å². The van der Waals surface area contributed by atoms with Crippen molar-refractivity contribution in [2.75, 3.05) is 39.5 Å². The monoisotopic (exact) mass is 294 g/mol. The molecular weight excluding hydrogens is 274 g/mol. The number of ether oxygens (including phenoxy) is 2. The quantitative estimate of drug-likeness (QED) is 0.530. The molecule has 1 amide bonds. The molecule has 1 heterocycles. The first-order valence-corrected chi connectivity index (χ1v) is 6.59. The van der Waals surface area contributed by atoms with Gasteiger partial charge in [-0.05, 0) is 6.92 Å². The number of carbonyl (C=O) groups excluding carboxylic acids is 2. The predicted molar refractivity (Wildman–Crippen MR) is 66.4 cm³/mol. The largest absolute Gasteiger partial charge is 0.464 e. The van der Waals surface area contributed by atoms with Crippen LogP contribution < -0.4 is 5.32 Å². The van der Waals surface area contributed by atoms with Crippen molar-refractivity contribution >= 4 is 11.9 Å². The lowest BCUT2D eigenvalue weighted by molar-refractivity contribution is -0.156. The highest BCUT2D eigenvalue weighted by atomic mass is 19.3. The molecular formula is C12H20F2N2O4. The van der Waals surface area contributed by atoms with E-state index in [-0.39, 0.29) is 25.5 Å². The Balaban J connectivity index is 2.43. The highest BCUT2D eigenvalue weighted by molar-refractivity contribution is 5.85. The SMILES string of the molecule is CCOC(=O)C1CNCCN1C(=O)CCOCC(F)F. The minimum absolute atomic E-state index is 0.0252. The number of carbonyl (C=O) groups is 2. The van der Waals surface area contributed by atoms with E-state index in [1.165, 1.54) is 4.90 Å². The summed E-state index contributed by atoms with van der Waals surface area (Å²) in [7, 11) is 0. The van der Waals surface area contributed by atoms with Gasteiger partial charge in [0.1, 0.15) is 12.6 Å². The van der Waals surface area contributed by atoms with E-state index in [9.17, 15) is 18.4 Å². The standard InChI is InChI=1S/C12H20F2N2O4/c1-2-20-12(18)9-7-15-4-5-16(9)11(17)3-6-19-8-10(13)14/h9-10,15H,2-8H2,1H3. The Bertz CT molecular complexity index is 329. The van der Waals surface area contributed by atoms with E-state index in [0.29, 0.717) is 19.6 Å². The fraction of sp³-hybridized carbons (Fsp3) is 0.833. The zero-order valence-corrected chi connectivity index (χ0v) is 11.4. The fourth-order valence-electron chi connectivity index (χ4n) is 1.93. The van der Waals surface area contributed by atoms with Gasteiger partial charge in [0.2, 0.25) is 5.91 Å². The molecule has 1 rings (SSSR count). The number of amides is 1. The van der Waals surface area contributed by atoms with Crippen molar-refractivity contribution in [1.29, 1.82) is 0 Å². The van der Waals surface area contributed by atoms with Gasteiger partial charge in [-0.3, -0.25) is 4.79 Å². The van der Waals surface area contributed by atoms with Gasteiger partial charge in [0, 0.05) is 19.6 Å². The van der Waals surface area contributed by atoms with Crippen LogP contribution in [0.1, 0.15) is 13.3 Å². The van der Waals surface area contributed by atoms with Gasteiger partial charge in [0.25, 0.3) is 6.43 Å². The van der Waals surface area contributed by atoms with Crippen LogP contribution in [0.5, 0.6) is 0 Å². The lowest BCUT2D eigenvalue weighted by atomic mass is 10.1. The van der Waals surface area contributed by atoms with E-state index < -0.39 is 25.0 Å². The number of esters is 1. The van der Waals surface area contributed by atoms with Gasteiger partial charge in [0.15, 0.2) is 0 Å². The maximum atomic E-state index is 12.0. The molecule has 1 saturated heterocycles. The third-order valence-electron chi connectivity index (χ3n) is 2.83. The van der Waals surface area contributed by atoms with E-state index >= 15 is 0 Å². The summed E-state index contributed by atoms with van der Waals surface area (Å²) in [5.74, 6) is -0.750. The van der Waals surface area contributed by atoms with Crippen molar-refractivity contribution in [3.63, 3.8) is 0 Å². The van der Waals surface area contributed by atoms with Gasteiger partial charge in [-0.25, -0.2) is 13.6 Å². The van der Waals surface area contributed by atoms with Crippen LogP contribution in [0, 0.1) is 0 Å². The van der Waals surface area contributed by atoms with Crippen LogP contribution in [0.4, 0.5) is 8.78 Å². The second kappa shape index (κ2) is 8.80. The normalized spacial score (nSPS) is 19.2. The van der Waals surface area contributed by atoms with Crippen molar-refractivity contribution < 1.29 is 27.8 Å². The first-order chi connectivity index (χ1) is 9.56.